The van der Waals surface area contributed by atoms with Gasteiger partial charge < -0.3 is 14.6 Å². The van der Waals surface area contributed by atoms with Crippen LogP contribution in [0.25, 0.3) is 0 Å². The molecule has 1 heterocycles. The maximum atomic E-state index is 11.9. The normalized spacial score (nSPS) is 11.5. The molecule has 0 fully saturated rings. The van der Waals surface area contributed by atoms with Crippen LogP contribution < -0.4 is 10.5 Å². The highest BCUT2D eigenvalue weighted by Crippen LogP contribution is 2.13. The fourth-order valence-electron chi connectivity index (χ4n) is 1.61. The van der Waals surface area contributed by atoms with Crippen LogP contribution in [0, 0.1) is 0 Å². The smallest absolute Gasteiger partial charge is 0.268 e. The van der Waals surface area contributed by atoms with Crippen LogP contribution in [0.15, 0.2) is 17.2 Å². The third-order valence-corrected chi connectivity index (χ3v) is 3.37. The van der Waals surface area contributed by atoms with E-state index in [4.69, 9.17) is 9.88 Å². The van der Waals surface area contributed by atoms with Crippen molar-refractivity contribution in [2.24, 2.45) is 5.14 Å². The molecule has 7 nitrogen and oxygen atoms in total. The molecule has 0 bridgehead atoms. The first-order valence-electron chi connectivity index (χ1n) is 5.90. The highest BCUT2D eigenvalue weighted by Gasteiger charge is 2.18. The van der Waals surface area contributed by atoms with Gasteiger partial charge in [0.05, 0.1) is 6.61 Å². The molecule has 0 saturated carbocycles. The molecule has 1 rings (SSSR count). The number of sulfonamides is 1. The largest absolute Gasteiger partial charge is 0.383 e. The Balaban J connectivity index is 2.97. The lowest BCUT2D eigenvalue weighted by atomic mass is 10.3. The van der Waals surface area contributed by atoms with Crippen LogP contribution in [0.1, 0.15) is 23.8 Å². The molecular formula is C11H19N3O4S. The second-order valence-electron chi connectivity index (χ2n) is 4.05. The molecule has 0 aliphatic heterocycles. The van der Waals surface area contributed by atoms with Crippen molar-refractivity contribution in [2.75, 3.05) is 20.3 Å². The third kappa shape index (κ3) is 4.34. The lowest BCUT2D eigenvalue weighted by molar-refractivity contribution is 0.0927. The zero-order valence-corrected chi connectivity index (χ0v) is 11.9. The van der Waals surface area contributed by atoms with Crippen LogP contribution in [0.4, 0.5) is 0 Å². The number of nitrogens with one attached hydrogen (secondary N) is 1. The molecular weight excluding hydrogens is 270 g/mol. The van der Waals surface area contributed by atoms with E-state index in [-0.39, 0.29) is 16.5 Å². The number of methoxy groups -OCH3 is 1. The van der Waals surface area contributed by atoms with Gasteiger partial charge >= 0.3 is 0 Å². The lowest BCUT2D eigenvalue weighted by Crippen LogP contribution is -2.28. The summed E-state index contributed by atoms with van der Waals surface area (Å²) in [6.45, 7) is 3.23. The molecule has 8 heteroatoms. The topological polar surface area (TPSA) is 103 Å². The number of aryl methyl sites for hydroxylation is 1. The van der Waals surface area contributed by atoms with E-state index in [2.05, 4.69) is 5.32 Å². The Bertz CT molecular complexity index is 536. The molecule has 0 radical (unpaired) electrons. The summed E-state index contributed by atoms with van der Waals surface area (Å²) in [6, 6.07) is 1.28. The second kappa shape index (κ2) is 6.69. The highest BCUT2D eigenvalue weighted by molar-refractivity contribution is 7.89. The first-order chi connectivity index (χ1) is 8.90. The summed E-state index contributed by atoms with van der Waals surface area (Å²) in [7, 11) is -2.27. The quantitative estimate of drug-likeness (QED) is 0.685. The maximum Gasteiger partial charge on any atom is 0.268 e. The molecule has 1 aromatic rings. The summed E-state index contributed by atoms with van der Waals surface area (Å²) >= 11 is 0. The van der Waals surface area contributed by atoms with E-state index in [9.17, 15) is 13.2 Å². The van der Waals surface area contributed by atoms with Crippen LogP contribution in [-0.2, 0) is 21.3 Å². The number of hydrogen-bond acceptors (Lipinski definition) is 4. The number of hydrogen-bond donors (Lipinski definition) is 2. The molecule has 0 spiro atoms. The first-order valence-corrected chi connectivity index (χ1v) is 7.45. The summed E-state index contributed by atoms with van der Waals surface area (Å²) < 4.78 is 29.0. The van der Waals surface area contributed by atoms with Gasteiger partial charge in [-0.05, 0) is 12.5 Å². The SMILES string of the molecule is CCCn1cc(S(N)(=O)=O)cc1C(=O)NCCOC. The number of nitrogens with two attached hydrogens (primary N) is 1. The van der Waals surface area contributed by atoms with E-state index in [0.29, 0.717) is 19.7 Å². The number of aromatic nitrogens is 1. The van der Waals surface area contributed by atoms with Gasteiger partial charge in [-0.1, -0.05) is 6.92 Å². The summed E-state index contributed by atoms with van der Waals surface area (Å²) in [6.07, 6.45) is 2.15. The van der Waals surface area contributed by atoms with Crippen LogP contribution in [0.5, 0.6) is 0 Å². The Morgan fingerprint density at radius 3 is 2.74 bits per heavy atom. The fraction of sp³-hybridized carbons (Fsp3) is 0.545. The monoisotopic (exact) mass is 289 g/mol. The van der Waals surface area contributed by atoms with Gasteiger partial charge in [-0.3, -0.25) is 4.79 Å². The summed E-state index contributed by atoms with van der Waals surface area (Å²) in [5.41, 5.74) is 0.280. The van der Waals surface area contributed by atoms with Crippen molar-refractivity contribution < 1.29 is 17.9 Å². The minimum atomic E-state index is -3.81. The van der Waals surface area contributed by atoms with E-state index in [0.717, 1.165) is 6.42 Å². The molecule has 108 valence electrons. The maximum absolute atomic E-state index is 11.9. The van der Waals surface area contributed by atoms with Gasteiger partial charge in [0.1, 0.15) is 10.6 Å². The van der Waals surface area contributed by atoms with Gasteiger partial charge in [-0.15, -0.1) is 0 Å². The number of ether oxygens (including phenoxy) is 1. The Kier molecular flexibility index (Phi) is 5.52. The number of nitrogens with zero attached hydrogens (tertiary/aromatic N) is 1. The Hall–Kier alpha value is -1.38. The second-order valence-corrected chi connectivity index (χ2v) is 5.61. The number of carbonyl (C=O) groups is 1. The molecule has 19 heavy (non-hydrogen) atoms. The van der Waals surface area contributed by atoms with Gasteiger partial charge in [-0.2, -0.15) is 0 Å². The average Bonchev–Trinajstić information content (AvgIpc) is 2.73. The minimum absolute atomic E-state index is 0.0576. The summed E-state index contributed by atoms with van der Waals surface area (Å²) in [5.74, 6) is -0.347. The molecule has 0 aromatic carbocycles. The van der Waals surface area contributed by atoms with Gasteiger partial charge in [0.15, 0.2) is 0 Å². The van der Waals surface area contributed by atoms with Crippen LogP contribution in [0.3, 0.4) is 0 Å². The molecule has 0 aliphatic carbocycles. The van der Waals surface area contributed by atoms with E-state index in [1.165, 1.54) is 19.4 Å². The van der Waals surface area contributed by atoms with Gasteiger partial charge in [-0.25, -0.2) is 13.6 Å². The zero-order chi connectivity index (χ0) is 14.5. The van der Waals surface area contributed by atoms with Crippen molar-refractivity contribution in [2.45, 2.75) is 24.8 Å². The van der Waals surface area contributed by atoms with Crippen molar-refractivity contribution in [1.29, 1.82) is 0 Å². The van der Waals surface area contributed by atoms with Gasteiger partial charge in [0, 0.05) is 26.4 Å². The first kappa shape index (κ1) is 15.7. The van der Waals surface area contributed by atoms with E-state index >= 15 is 0 Å². The molecule has 0 unspecified atom stereocenters. The van der Waals surface area contributed by atoms with E-state index in [1.807, 2.05) is 6.92 Å². The molecule has 3 N–H and O–H groups in total. The van der Waals surface area contributed by atoms with Crippen molar-refractivity contribution in [1.82, 2.24) is 9.88 Å². The van der Waals surface area contributed by atoms with Crippen LogP contribution in [-0.4, -0.2) is 39.2 Å². The molecule has 0 aliphatic rings. The lowest BCUT2D eigenvalue weighted by Gasteiger charge is -2.08. The Morgan fingerprint density at radius 2 is 2.21 bits per heavy atom. The standard InChI is InChI=1S/C11H19N3O4S/c1-3-5-14-8-9(19(12,16)17)7-10(14)11(15)13-4-6-18-2/h7-8H,3-6H2,1-2H3,(H,13,15)(H2,12,16,17). The Morgan fingerprint density at radius 1 is 1.53 bits per heavy atom. The summed E-state index contributed by atoms with van der Waals surface area (Å²) in [5, 5.41) is 7.71. The number of rotatable bonds is 7. The molecule has 0 saturated heterocycles. The zero-order valence-electron chi connectivity index (χ0n) is 11.0. The number of primary sulfonamides is 1. The predicted octanol–water partition coefficient (Wildman–Crippen LogP) is -0.0783. The van der Waals surface area contributed by atoms with E-state index < -0.39 is 10.0 Å². The number of carbonyl (C=O) groups excluding carboxylic acids is 1. The predicted molar refractivity (Wildman–Crippen MR) is 70.3 cm³/mol. The molecule has 1 amide bonds. The highest BCUT2D eigenvalue weighted by atomic mass is 32.2. The van der Waals surface area contributed by atoms with Crippen molar-refractivity contribution >= 4 is 15.9 Å². The average molecular weight is 289 g/mol. The minimum Gasteiger partial charge on any atom is -0.383 e. The fourth-order valence-corrected chi connectivity index (χ4v) is 2.16. The van der Waals surface area contributed by atoms with Crippen LogP contribution >= 0.6 is 0 Å². The third-order valence-electron chi connectivity index (χ3n) is 2.49. The van der Waals surface area contributed by atoms with Crippen molar-refractivity contribution in [3.63, 3.8) is 0 Å². The van der Waals surface area contributed by atoms with Crippen molar-refractivity contribution in [3.05, 3.63) is 18.0 Å². The van der Waals surface area contributed by atoms with Gasteiger partial charge in [0.25, 0.3) is 5.91 Å². The summed E-state index contributed by atoms with van der Waals surface area (Å²) in [4.78, 5) is 11.9. The molecule has 0 atom stereocenters. The van der Waals surface area contributed by atoms with E-state index in [1.54, 1.807) is 4.57 Å². The van der Waals surface area contributed by atoms with Crippen LogP contribution in [0.2, 0.25) is 0 Å². The van der Waals surface area contributed by atoms with Crippen molar-refractivity contribution in [3.8, 4) is 0 Å². The van der Waals surface area contributed by atoms with Gasteiger partial charge in [0.2, 0.25) is 10.0 Å². The Labute approximate surface area is 112 Å². The number of amides is 1. The molecule has 1 aromatic heterocycles.